The van der Waals surface area contributed by atoms with Crippen molar-refractivity contribution in [3.8, 4) is 0 Å². The summed E-state index contributed by atoms with van der Waals surface area (Å²) in [7, 11) is 0. The van der Waals surface area contributed by atoms with Crippen LogP contribution in [-0.4, -0.2) is 33.7 Å². The molecule has 0 aliphatic carbocycles. The SMILES string of the molecule is CC(=O)CCC(I)CC(F)(F)C(F)(F)C(F)(F)C(F)(F)F. The number of Topliss-reactive ketones (excluding diaryl/α,β-unsaturated/α-hetero) is 1. The number of alkyl halides is 10. The van der Waals surface area contributed by atoms with E-state index in [9.17, 15) is 44.3 Å². The van der Waals surface area contributed by atoms with Crippen LogP contribution >= 0.6 is 22.6 Å². The summed E-state index contributed by atoms with van der Waals surface area (Å²) >= 11 is 1.20. The smallest absolute Gasteiger partial charge is 0.300 e. The number of carbonyl (C=O) groups excluding carboxylic acids is 1. The molecule has 0 aromatic rings. The van der Waals surface area contributed by atoms with Crippen LogP contribution in [0.3, 0.4) is 0 Å². The number of ketones is 1. The molecule has 0 bridgehead atoms. The van der Waals surface area contributed by atoms with Crippen LogP contribution in [-0.2, 0) is 4.79 Å². The zero-order chi connectivity index (χ0) is 17.3. The summed E-state index contributed by atoms with van der Waals surface area (Å²) in [6.07, 6.45) is -9.32. The maximum absolute atomic E-state index is 13.2. The Morgan fingerprint density at radius 2 is 1.38 bits per heavy atom. The van der Waals surface area contributed by atoms with E-state index in [1.54, 1.807) is 0 Å². The molecule has 0 aromatic carbocycles. The lowest BCUT2D eigenvalue weighted by molar-refractivity contribution is -0.396. The van der Waals surface area contributed by atoms with Gasteiger partial charge in [-0.25, -0.2) is 0 Å². The van der Waals surface area contributed by atoms with Crippen LogP contribution in [0.4, 0.5) is 39.5 Å². The Balaban J connectivity index is 5.16. The van der Waals surface area contributed by atoms with E-state index in [4.69, 9.17) is 0 Å². The lowest BCUT2D eigenvalue weighted by atomic mass is 9.98. The first kappa shape index (κ1) is 20.8. The average Bonchev–Trinajstić information content (AvgIpc) is 2.23. The largest absolute Gasteiger partial charge is 0.460 e. The van der Waals surface area contributed by atoms with Gasteiger partial charge in [-0.05, 0) is 13.3 Å². The first-order chi connectivity index (χ1) is 9.06. The summed E-state index contributed by atoms with van der Waals surface area (Å²) < 4.78 is 112. The van der Waals surface area contributed by atoms with Gasteiger partial charge in [0.25, 0.3) is 0 Å². The number of carbonyl (C=O) groups is 1. The molecule has 0 N–H and O–H groups in total. The third-order valence-electron chi connectivity index (χ3n) is 2.50. The van der Waals surface area contributed by atoms with Crippen molar-refractivity contribution in [1.82, 2.24) is 0 Å². The predicted molar refractivity (Wildman–Crippen MR) is 63.2 cm³/mol. The Bertz CT molecular complexity index is 377. The molecule has 0 spiro atoms. The van der Waals surface area contributed by atoms with Crippen molar-refractivity contribution >= 4 is 28.4 Å². The molecule has 11 heteroatoms. The molecule has 0 amide bonds. The molecule has 126 valence electrons. The Labute approximate surface area is 127 Å². The van der Waals surface area contributed by atoms with Crippen LogP contribution in [0.1, 0.15) is 26.2 Å². The van der Waals surface area contributed by atoms with Gasteiger partial charge in [-0.15, -0.1) is 0 Å². The molecular formula is C10H10F9IO. The number of hydrogen-bond acceptors (Lipinski definition) is 1. The van der Waals surface area contributed by atoms with Crippen LogP contribution in [0.5, 0.6) is 0 Å². The highest BCUT2D eigenvalue weighted by Crippen LogP contribution is 2.54. The van der Waals surface area contributed by atoms with Gasteiger partial charge in [0.1, 0.15) is 5.78 Å². The molecule has 0 aromatic heterocycles. The molecule has 0 saturated heterocycles. The molecule has 0 radical (unpaired) electrons. The molecule has 1 atom stereocenters. The zero-order valence-corrected chi connectivity index (χ0v) is 12.5. The molecule has 1 nitrogen and oxygen atoms in total. The summed E-state index contributed by atoms with van der Waals surface area (Å²) in [5.41, 5.74) is 0. The third kappa shape index (κ3) is 4.62. The summed E-state index contributed by atoms with van der Waals surface area (Å²) in [6, 6.07) is 0. The Morgan fingerprint density at radius 3 is 1.71 bits per heavy atom. The number of rotatable bonds is 7. The first-order valence-electron chi connectivity index (χ1n) is 5.40. The van der Waals surface area contributed by atoms with Crippen molar-refractivity contribution in [1.29, 1.82) is 0 Å². The fourth-order valence-electron chi connectivity index (χ4n) is 1.28. The first-order valence-corrected chi connectivity index (χ1v) is 6.64. The van der Waals surface area contributed by atoms with E-state index in [0.717, 1.165) is 6.92 Å². The minimum atomic E-state index is -6.86. The lowest BCUT2D eigenvalue weighted by Crippen LogP contribution is -2.61. The van der Waals surface area contributed by atoms with Crippen molar-refractivity contribution in [3.05, 3.63) is 0 Å². The Kier molecular flexibility index (Phi) is 6.42. The van der Waals surface area contributed by atoms with Crippen molar-refractivity contribution < 1.29 is 44.3 Å². The summed E-state index contributed by atoms with van der Waals surface area (Å²) in [4.78, 5) is 10.6. The van der Waals surface area contributed by atoms with Gasteiger partial charge in [-0.3, -0.25) is 0 Å². The van der Waals surface area contributed by atoms with Gasteiger partial charge in [-0.1, -0.05) is 22.6 Å². The summed E-state index contributed by atoms with van der Waals surface area (Å²) in [6.45, 7) is 1.09. The van der Waals surface area contributed by atoms with Crippen molar-refractivity contribution in [2.24, 2.45) is 0 Å². The normalized spacial score (nSPS) is 16.0. The molecule has 0 rings (SSSR count). The van der Waals surface area contributed by atoms with Gasteiger partial charge >= 0.3 is 23.9 Å². The van der Waals surface area contributed by atoms with Gasteiger partial charge in [0.2, 0.25) is 0 Å². The van der Waals surface area contributed by atoms with Gasteiger partial charge in [0.15, 0.2) is 0 Å². The van der Waals surface area contributed by atoms with Crippen LogP contribution in [0.25, 0.3) is 0 Å². The average molecular weight is 444 g/mol. The van der Waals surface area contributed by atoms with Crippen LogP contribution in [0.15, 0.2) is 0 Å². The van der Waals surface area contributed by atoms with Crippen molar-refractivity contribution in [2.75, 3.05) is 0 Å². The highest BCUT2D eigenvalue weighted by atomic mass is 127. The monoisotopic (exact) mass is 444 g/mol. The minimum Gasteiger partial charge on any atom is -0.300 e. The predicted octanol–water partition coefficient (Wildman–Crippen LogP) is 5.02. The topological polar surface area (TPSA) is 17.1 Å². The second-order valence-corrected chi connectivity index (χ2v) is 6.15. The summed E-state index contributed by atoms with van der Waals surface area (Å²) in [5, 5.41) is 0. The third-order valence-corrected chi connectivity index (χ3v) is 3.56. The summed E-state index contributed by atoms with van der Waals surface area (Å²) in [5.74, 6) is -19.5. The highest BCUT2D eigenvalue weighted by molar-refractivity contribution is 14.1. The second-order valence-electron chi connectivity index (χ2n) is 4.39. The maximum atomic E-state index is 13.2. The molecule has 21 heavy (non-hydrogen) atoms. The molecule has 0 aliphatic heterocycles. The minimum absolute atomic E-state index is 0.273. The molecular weight excluding hydrogens is 434 g/mol. The van der Waals surface area contributed by atoms with Gasteiger partial charge in [0, 0.05) is 16.8 Å². The number of halogens is 10. The van der Waals surface area contributed by atoms with E-state index in [0.29, 0.717) is 0 Å². The molecule has 0 fully saturated rings. The fourth-order valence-corrected chi connectivity index (χ4v) is 2.14. The Hall–Kier alpha value is -0.230. The van der Waals surface area contributed by atoms with E-state index in [-0.39, 0.29) is 12.8 Å². The standard InChI is InChI=1S/C10H10F9IO/c1-5(21)2-3-6(20)4-7(11,12)8(13,14)9(15,16)10(17,18)19/h6H,2-4H2,1H3. The second kappa shape index (κ2) is 6.49. The van der Waals surface area contributed by atoms with E-state index in [1.807, 2.05) is 0 Å². The highest BCUT2D eigenvalue weighted by Gasteiger charge is 2.81. The number of hydrogen-bond donors (Lipinski definition) is 0. The zero-order valence-electron chi connectivity index (χ0n) is 10.4. The van der Waals surface area contributed by atoms with Crippen LogP contribution in [0.2, 0.25) is 0 Å². The van der Waals surface area contributed by atoms with Crippen molar-refractivity contribution in [3.63, 3.8) is 0 Å². The molecule has 0 heterocycles. The quantitative estimate of drug-likeness (QED) is 0.307. The Morgan fingerprint density at radius 1 is 0.952 bits per heavy atom. The van der Waals surface area contributed by atoms with Crippen LogP contribution < -0.4 is 0 Å². The molecule has 1 unspecified atom stereocenters. The fraction of sp³-hybridized carbons (Fsp3) is 0.900. The van der Waals surface area contributed by atoms with Crippen molar-refractivity contribution in [2.45, 2.75) is 54.1 Å². The van der Waals surface area contributed by atoms with Gasteiger partial charge < -0.3 is 4.79 Å². The van der Waals surface area contributed by atoms with E-state index < -0.39 is 40.1 Å². The van der Waals surface area contributed by atoms with Gasteiger partial charge in [-0.2, -0.15) is 39.5 Å². The van der Waals surface area contributed by atoms with E-state index in [1.165, 1.54) is 22.6 Å². The lowest BCUT2D eigenvalue weighted by Gasteiger charge is -2.34. The molecule has 0 aliphatic rings. The molecule has 0 saturated carbocycles. The van der Waals surface area contributed by atoms with E-state index in [2.05, 4.69) is 0 Å². The van der Waals surface area contributed by atoms with E-state index >= 15 is 0 Å². The van der Waals surface area contributed by atoms with Crippen LogP contribution in [0, 0.1) is 0 Å². The van der Waals surface area contributed by atoms with Gasteiger partial charge in [0.05, 0.1) is 0 Å². The maximum Gasteiger partial charge on any atom is 0.460 e.